The Morgan fingerprint density at radius 1 is 0.973 bits per heavy atom. The van der Waals surface area contributed by atoms with Crippen LogP contribution >= 0.6 is 0 Å². The van der Waals surface area contributed by atoms with Crippen LogP contribution in [-0.4, -0.2) is 34.6 Å². The Bertz CT molecular complexity index is 1100. The predicted molar refractivity (Wildman–Crippen MR) is 154 cm³/mol. The maximum Gasteiger partial charge on any atom is 0.237 e. The number of rotatable bonds is 15. The summed E-state index contributed by atoms with van der Waals surface area (Å²) in [6.45, 7) is 9.68. The van der Waals surface area contributed by atoms with Crippen molar-refractivity contribution in [3.8, 4) is 5.75 Å². The fraction of sp³-hybridized carbons (Fsp3) is 0.500. The molecule has 3 N–H and O–H groups in total. The number of aryl methyl sites for hydroxylation is 1. The van der Waals surface area contributed by atoms with Crippen LogP contribution in [0.3, 0.4) is 0 Å². The Kier molecular flexibility index (Phi) is 11.4. The van der Waals surface area contributed by atoms with Crippen molar-refractivity contribution in [1.29, 1.82) is 0 Å². The van der Waals surface area contributed by atoms with Crippen molar-refractivity contribution in [3.63, 3.8) is 0 Å². The zero-order valence-electron chi connectivity index (χ0n) is 23.0. The van der Waals surface area contributed by atoms with Crippen LogP contribution in [0.5, 0.6) is 5.75 Å². The van der Waals surface area contributed by atoms with Gasteiger partial charge in [0.1, 0.15) is 5.75 Å². The molecule has 0 radical (unpaired) electrons. The summed E-state index contributed by atoms with van der Waals surface area (Å²) in [6, 6.07) is 19.3. The minimum Gasteiger partial charge on any atom is -0.508 e. The Balaban J connectivity index is 1.67. The van der Waals surface area contributed by atoms with E-state index in [1.807, 2.05) is 30.3 Å². The Morgan fingerprint density at radius 3 is 2.46 bits per heavy atom. The molecule has 2 aromatic carbocycles. The van der Waals surface area contributed by atoms with Crippen molar-refractivity contribution >= 4 is 16.8 Å². The third-order valence-electron chi connectivity index (χ3n) is 6.96. The van der Waals surface area contributed by atoms with Gasteiger partial charge in [-0.1, -0.05) is 76.9 Å². The Morgan fingerprint density at radius 2 is 1.73 bits per heavy atom. The van der Waals surface area contributed by atoms with Crippen LogP contribution in [0.2, 0.25) is 0 Å². The largest absolute Gasteiger partial charge is 0.508 e. The maximum absolute atomic E-state index is 13.6. The number of para-hydroxylation sites is 1. The summed E-state index contributed by atoms with van der Waals surface area (Å²) in [6.07, 6.45) is 6.75. The third kappa shape index (κ3) is 9.81. The summed E-state index contributed by atoms with van der Waals surface area (Å²) in [4.78, 5) is 18.4. The lowest BCUT2D eigenvalue weighted by molar-refractivity contribution is -0.124. The maximum atomic E-state index is 13.6. The SMILES string of the molecule is CCCC[C@H](C)CN[C@@H](Cc1ccc(O)cc1)C(=O)N[C@H](CCc1ccc2ccccc2n1)CC(C)C. The van der Waals surface area contributed by atoms with E-state index >= 15 is 0 Å². The molecule has 0 saturated carbocycles. The van der Waals surface area contributed by atoms with Gasteiger partial charge in [-0.3, -0.25) is 9.78 Å². The number of fused-ring (bicyclic) bond motifs is 1. The Hall–Kier alpha value is -2.92. The molecule has 0 aliphatic rings. The van der Waals surface area contributed by atoms with E-state index in [0.717, 1.165) is 54.4 Å². The molecular weight excluding hydrogens is 458 g/mol. The smallest absolute Gasteiger partial charge is 0.237 e. The molecule has 0 spiro atoms. The fourth-order valence-electron chi connectivity index (χ4n) is 4.81. The quantitative estimate of drug-likeness (QED) is 0.223. The highest BCUT2D eigenvalue weighted by Crippen LogP contribution is 2.17. The number of hydrogen-bond acceptors (Lipinski definition) is 4. The van der Waals surface area contributed by atoms with Crippen molar-refractivity contribution in [1.82, 2.24) is 15.6 Å². The first-order valence-corrected chi connectivity index (χ1v) is 14.0. The van der Waals surface area contributed by atoms with E-state index < -0.39 is 0 Å². The van der Waals surface area contributed by atoms with Gasteiger partial charge < -0.3 is 15.7 Å². The fourth-order valence-corrected chi connectivity index (χ4v) is 4.81. The van der Waals surface area contributed by atoms with E-state index in [4.69, 9.17) is 4.98 Å². The van der Waals surface area contributed by atoms with Gasteiger partial charge in [0.25, 0.3) is 0 Å². The van der Waals surface area contributed by atoms with Gasteiger partial charge in [0.05, 0.1) is 11.6 Å². The van der Waals surface area contributed by atoms with E-state index in [-0.39, 0.29) is 23.7 Å². The second kappa shape index (κ2) is 14.7. The molecule has 1 amide bonds. The number of phenols is 1. The van der Waals surface area contributed by atoms with E-state index in [9.17, 15) is 9.90 Å². The van der Waals surface area contributed by atoms with E-state index in [1.54, 1.807) is 12.1 Å². The van der Waals surface area contributed by atoms with E-state index in [2.05, 4.69) is 56.5 Å². The van der Waals surface area contributed by atoms with Crippen molar-refractivity contribution in [2.75, 3.05) is 6.54 Å². The van der Waals surface area contributed by atoms with Crippen molar-refractivity contribution < 1.29 is 9.90 Å². The van der Waals surface area contributed by atoms with E-state index in [0.29, 0.717) is 18.3 Å². The molecule has 0 unspecified atom stereocenters. The Labute approximate surface area is 223 Å². The number of amides is 1. The normalized spacial score (nSPS) is 14.0. The molecule has 3 atom stereocenters. The number of aromatic nitrogens is 1. The average Bonchev–Trinajstić information content (AvgIpc) is 2.89. The molecular formula is C32H45N3O2. The summed E-state index contributed by atoms with van der Waals surface area (Å²) < 4.78 is 0. The number of carbonyl (C=O) groups excluding carboxylic acids is 1. The molecule has 0 saturated heterocycles. The molecule has 200 valence electrons. The van der Waals surface area contributed by atoms with Gasteiger partial charge in [-0.2, -0.15) is 0 Å². The third-order valence-corrected chi connectivity index (χ3v) is 6.96. The number of aromatic hydroxyl groups is 1. The standard InChI is InChI=1S/C32H45N3O2/c1-5-6-9-24(4)22-33-31(21-25-12-18-29(36)19-13-25)32(37)35-28(20-23(2)3)17-16-27-15-14-26-10-7-8-11-30(26)34-27/h7-8,10-15,18-19,23-24,28,31,33,36H,5-6,9,16-17,20-22H2,1-4H3,(H,35,37)/t24-,28+,31-/m0/s1. The first-order chi connectivity index (χ1) is 17.8. The minimum absolute atomic E-state index is 0.0490. The van der Waals surface area contributed by atoms with Gasteiger partial charge >= 0.3 is 0 Å². The van der Waals surface area contributed by atoms with Crippen molar-refractivity contribution in [2.24, 2.45) is 11.8 Å². The molecule has 5 nitrogen and oxygen atoms in total. The van der Waals surface area contributed by atoms with Crippen LogP contribution < -0.4 is 10.6 Å². The number of benzene rings is 2. The molecule has 1 aromatic heterocycles. The number of carbonyl (C=O) groups is 1. The van der Waals surface area contributed by atoms with Gasteiger partial charge in [-0.15, -0.1) is 0 Å². The number of nitrogens with zero attached hydrogens (tertiary/aromatic N) is 1. The zero-order valence-corrected chi connectivity index (χ0v) is 23.0. The highest BCUT2D eigenvalue weighted by molar-refractivity contribution is 5.82. The van der Waals surface area contributed by atoms with Gasteiger partial charge in [0, 0.05) is 17.1 Å². The number of phenolic OH excluding ortho intramolecular Hbond substituents is 1. The summed E-state index contributed by atoms with van der Waals surface area (Å²) in [5.41, 5.74) is 3.11. The predicted octanol–water partition coefficient (Wildman–Crippen LogP) is 6.43. The number of pyridine rings is 1. The average molecular weight is 504 g/mol. The topological polar surface area (TPSA) is 74.2 Å². The van der Waals surface area contributed by atoms with Crippen LogP contribution in [0.4, 0.5) is 0 Å². The van der Waals surface area contributed by atoms with Crippen LogP contribution in [0.25, 0.3) is 10.9 Å². The number of hydrogen-bond donors (Lipinski definition) is 3. The first kappa shape index (κ1) is 28.6. The minimum atomic E-state index is -0.318. The number of unbranched alkanes of at least 4 members (excludes halogenated alkanes) is 1. The molecule has 0 bridgehead atoms. The van der Waals surface area contributed by atoms with Gasteiger partial charge in [-0.25, -0.2) is 0 Å². The van der Waals surface area contributed by atoms with Crippen molar-refractivity contribution in [2.45, 2.75) is 84.7 Å². The lowest BCUT2D eigenvalue weighted by atomic mass is 9.97. The summed E-state index contributed by atoms with van der Waals surface area (Å²) in [7, 11) is 0. The van der Waals surface area contributed by atoms with Gasteiger partial charge in [-0.05, 0) is 80.3 Å². The summed E-state index contributed by atoms with van der Waals surface area (Å²) >= 11 is 0. The summed E-state index contributed by atoms with van der Waals surface area (Å²) in [5, 5.41) is 17.8. The lowest BCUT2D eigenvalue weighted by Gasteiger charge is -2.26. The first-order valence-electron chi connectivity index (χ1n) is 14.0. The summed E-state index contributed by atoms with van der Waals surface area (Å²) in [5.74, 6) is 1.28. The van der Waals surface area contributed by atoms with Crippen molar-refractivity contribution in [3.05, 3.63) is 71.9 Å². The van der Waals surface area contributed by atoms with Crippen LogP contribution in [0, 0.1) is 11.8 Å². The molecule has 0 aliphatic heterocycles. The molecule has 0 fully saturated rings. The van der Waals surface area contributed by atoms with Gasteiger partial charge in [0.15, 0.2) is 0 Å². The molecule has 1 heterocycles. The van der Waals surface area contributed by atoms with E-state index in [1.165, 1.54) is 12.8 Å². The molecule has 5 heteroatoms. The number of nitrogens with one attached hydrogen (secondary N) is 2. The molecule has 0 aliphatic carbocycles. The zero-order chi connectivity index (χ0) is 26.6. The van der Waals surface area contributed by atoms with Crippen LogP contribution in [0.1, 0.15) is 71.1 Å². The second-order valence-corrected chi connectivity index (χ2v) is 10.9. The van der Waals surface area contributed by atoms with Crippen LogP contribution in [-0.2, 0) is 17.6 Å². The molecule has 37 heavy (non-hydrogen) atoms. The molecule has 3 aromatic rings. The monoisotopic (exact) mass is 503 g/mol. The highest BCUT2D eigenvalue weighted by Gasteiger charge is 2.23. The second-order valence-electron chi connectivity index (χ2n) is 10.9. The lowest BCUT2D eigenvalue weighted by Crippen LogP contribution is -2.50. The highest BCUT2D eigenvalue weighted by atomic mass is 16.3. The van der Waals surface area contributed by atoms with Gasteiger partial charge in [0.2, 0.25) is 5.91 Å². The van der Waals surface area contributed by atoms with Crippen LogP contribution in [0.15, 0.2) is 60.7 Å². The molecule has 3 rings (SSSR count).